The van der Waals surface area contributed by atoms with Gasteiger partial charge >= 0.3 is 14.5 Å². The molecular weight excluding hydrogens is 335 g/mol. The van der Waals surface area contributed by atoms with E-state index in [2.05, 4.69) is 27.7 Å². The van der Waals surface area contributed by atoms with Gasteiger partial charge < -0.3 is 8.53 Å². The molecule has 0 saturated heterocycles. The molecule has 0 rings (SSSR count). The molecule has 26 heavy (non-hydrogen) atoms. The van der Waals surface area contributed by atoms with Crippen LogP contribution in [0.2, 0.25) is 10.6 Å². The van der Waals surface area contributed by atoms with E-state index in [1.54, 1.807) is 0 Å². The van der Waals surface area contributed by atoms with E-state index in [0.717, 1.165) is 19.4 Å². The third kappa shape index (κ3) is 17.8. The van der Waals surface area contributed by atoms with Crippen molar-refractivity contribution in [2.24, 2.45) is 0 Å². The van der Waals surface area contributed by atoms with E-state index in [0.29, 0.717) is 0 Å². The highest BCUT2D eigenvalue weighted by Crippen LogP contribution is 2.18. The second-order valence-corrected chi connectivity index (χ2v) is 10.6. The number of hydrogen-bond acceptors (Lipinski definition) is 2. The van der Waals surface area contributed by atoms with Crippen LogP contribution in [0.4, 0.5) is 0 Å². The summed E-state index contributed by atoms with van der Waals surface area (Å²) >= 11 is -1.10. The SMILES string of the molecule is CCCCCCC[CH2][Al]([CH2]CCCCCCC)[O]C(CC)OCCCC. The van der Waals surface area contributed by atoms with E-state index in [9.17, 15) is 0 Å². The van der Waals surface area contributed by atoms with Gasteiger partial charge in [-0.25, -0.2) is 0 Å². The molecule has 1 unspecified atom stereocenters. The standard InChI is InChI=1S/2C8H17.C7H15O2.Al/c2*1-3-5-7-8-6-4-2;1-3-5-6-9-7(8)4-2;/h2*1,3-8H2,2H3;7H,3-6H2,1-2H3;/q;;-1;+1. The monoisotopic (exact) mass is 384 g/mol. The molecule has 1 atom stereocenters. The van der Waals surface area contributed by atoms with Crippen LogP contribution in [-0.4, -0.2) is 27.4 Å². The van der Waals surface area contributed by atoms with Crippen LogP contribution in [0.15, 0.2) is 0 Å². The summed E-state index contributed by atoms with van der Waals surface area (Å²) < 4.78 is 12.5. The lowest BCUT2D eigenvalue weighted by atomic mass is 10.1. The minimum Gasteiger partial charge on any atom is -0.478 e. The summed E-state index contributed by atoms with van der Waals surface area (Å²) in [4.78, 5) is 0. The Balaban J connectivity index is 4.11. The predicted octanol–water partition coefficient (Wildman–Crippen LogP) is 8.27. The van der Waals surface area contributed by atoms with Crippen LogP contribution in [0.25, 0.3) is 0 Å². The van der Waals surface area contributed by atoms with E-state index < -0.39 is 14.5 Å². The maximum atomic E-state index is 6.52. The molecule has 0 aromatic carbocycles. The molecule has 3 heteroatoms. The molecule has 156 valence electrons. The van der Waals surface area contributed by atoms with Crippen LogP contribution in [-0.2, 0) is 8.53 Å². The lowest BCUT2D eigenvalue weighted by molar-refractivity contribution is -0.0855. The second kappa shape index (κ2) is 21.7. The summed E-state index contributed by atoms with van der Waals surface area (Å²) in [5.41, 5.74) is 0. The highest BCUT2D eigenvalue weighted by atomic mass is 27.2. The fraction of sp³-hybridized carbons (Fsp3) is 1.00. The Morgan fingerprint density at radius 1 is 0.577 bits per heavy atom. The Labute approximate surface area is 170 Å². The summed E-state index contributed by atoms with van der Waals surface area (Å²) in [6.45, 7) is 9.88. The molecule has 0 saturated carbocycles. The van der Waals surface area contributed by atoms with Gasteiger partial charge in [0, 0.05) is 6.61 Å². The highest BCUT2D eigenvalue weighted by Gasteiger charge is 2.23. The van der Waals surface area contributed by atoms with Crippen LogP contribution in [0.3, 0.4) is 0 Å². The smallest absolute Gasteiger partial charge is 0.462 e. The summed E-state index contributed by atoms with van der Waals surface area (Å²) in [6, 6.07) is 0. The predicted molar refractivity (Wildman–Crippen MR) is 118 cm³/mol. The Kier molecular flexibility index (Phi) is 22.1. The first-order valence-corrected chi connectivity index (χ1v) is 14.2. The van der Waals surface area contributed by atoms with E-state index in [1.165, 1.54) is 94.0 Å². The van der Waals surface area contributed by atoms with Gasteiger partial charge in [-0.3, -0.25) is 0 Å². The van der Waals surface area contributed by atoms with Crippen molar-refractivity contribution in [2.75, 3.05) is 6.61 Å². The average Bonchev–Trinajstić information content (AvgIpc) is 2.66. The fourth-order valence-electron chi connectivity index (χ4n) is 3.41. The third-order valence-corrected chi connectivity index (χ3v) is 8.03. The minimum atomic E-state index is -1.10. The van der Waals surface area contributed by atoms with Crippen molar-refractivity contribution >= 4 is 14.5 Å². The third-order valence-electron chi connectivity index (χ3n) is 5.24. The molecule has 0 N–H and O–H groups in total. The zero-order valence-electron chi connectivity index (χ0n) is 18.7. The molecule has 0 spiro atoms. The van der Waals surface area contributed by atoms with Gasteiger partial charge in [-0.15, -0.1) is 0 Å². The molecule has 0 fully saturated rings. The number of hydrogen-bond donors (Lipinski definition) is 0. The van der Waals surface area contributed by atoms with Gasteiger partial charge in [0.15, 0.2) is 0 Å². The van der Waals surface area contributed by atoms with Gasteiger partial charge in [0.25, 0.3) is 0 Å². The maximum Gasteiger partial charge on any atom is 0.462 e. The normalized spacial score (nSPS) is 12.5. The van der Waals surface area contributed by atoms with Crippen molar-refractivity contribution in [3.05, 3.63) is 0 Å². The van der Waals surface area contributed by atoms with Crippen LogP contribution >= 0.6 is 0 Å². The van der Waals surface area contributed by atoms with E-state index >= 15 is 0 Å². The molecular formula is C23H49AlO2. The van der Waals surface area contributed by atoms with Crippen molar-refractivity contribution in [2.45, 2.75) is 141 Å². The number of ether oxygens (including phenoxy) is 1. The number of unbranched alkanes of at least 4 members (excludes halogenated alkanes) is 11. The van der Waals surface area contributed by atoms with Gasteiger partial charge in [-0.1, -0.05) is 122 Å². The summed E-state index contributed by atoms with van der Waals surface area (Å²) in [5, 5.41) is 2.71. The van der Waals surface area contributed by atoms with Crippen LogP contribution in [0.5, 0.6) is 0 Å². The maximum absolute atomic E-state index is 6.52. The quantitative estimate of drug-likeness (QED) is 0.113. The molecule has 2 nitrogen and oxygen atoms in total. The molecule has 0 aliphatic heterocycles. The van der Waals surface area contributed by atoms with Crippen molar-refractivity contribution in [3.8, 4) is 0 Å². The summed E-state index contributed by atoms with van der Waals surface area (Å²) in [7, 11) is 0. The lowest BCUT2D eigenvalue weighted by Crippen LogP contribution is -2.28. The Bertz CT molecular complexity index is 245. The molecule has 0 aromatic heterocycles. The average molecular weight is 385 g/mol. The molecule has 0 amide bonds. The van der Waals surface area contributed by atoms with Crippen molar-refractivity contribution in [1.29, 1.82) is 0 Å². The second-order valence-electron chi connectivity index (χ2n) is 7.93. The number of rotatable bonds is 21. The van der Waals surface area contributed by atoms with Gasteiger partial charge in [0.1, 0.15) is 6.29 Å². The Morgan fingerprint density at radius 3 is 1.50 bits per heavy atom. The van der Waals surface area contributed by atoms with Gasteiger partial charge in [-0.05, 0) is 12.8 Å². The zero-order chi connectivity index (χ0) is 19.3. The van der Waals surface area contributed by atoms with Crippen molar-refractivity contribution in [1.82, 2.24) is 0 Å². The fourth-order valence-corrected chi connectivity index (χ4v) is 6.16. The molecule has 0 heterocycles. The summed E-state index contributed by atoms with van der Waals surface area (Å²) in [5.74, 6) is 0. The zero-order valence-corrected chi connectivity index (χ0v) is 19.9. The first kappa shape index (κ1) is 26.5. The minimum absolute atomic E-state index is 0.0680. The molecule has 0 aliphatic carbocycles. The molecule has 0 bridgehead atoms. The Morgan fingerprint density at radius 2 is 1.04 bits per heavy atom. The molecule has 0 aliphatic rings. The highest BCUT2D eigenvalue weighted by molar-refractivity contribution is 6.51. The van der Waals surface area contributed by atoms with Gasteiger partial charge in [0.2, 0.25) is 0 Å². The largest absolute Gasteiger partial charge is 0.478 e. The first-order valence-electron chi connectivity index (χ1n) is 12.0. The summed E-state index contributed by atoms with van der Waals surface area (Å²) in [6.07, 6.45) is 20.1. The first-order chi connectivity index (χ1) is 12.8. The van der Waals surface area contributed by atoms with E-state index in [-0.39, 0.29) is 6.29 Å². The molecule has 0 aromatic rings. The molecule has 0 radical (unpaired) electrons. The van der Waals surface area contributed by atoms with Crippen molar-refractivity contribution < 1.29 is 8.53 Å². The Hall–Kier alpha value is 0.452. The van der Waals surface area contributed by atoms with Crippen LogP contribution in [0.1, 0.15) is 124 Å². The van der Waals surface area contributed by atoms with Gasteiger partial charge in [-0.2, -0.15) is 0 Å². The van der Waals surface area contributed by atoms with Gasteiger partial charge in [0.05, 0.1) is 0 Å². The van der Waals surface area contributed by atoms with E-state index in [4.69, 9.17) is 8.53 Å². The van der Waals surface area contributed by atoms with Crippen LogP contribution in [0, 0.1) is 0 Å². The topological polar surface area (TPSA) is 18.5 Å². The van der Waals surface area contributed by atoms with Crippen LogP contribution < -0.4 is 0 Å². The van der Waals surface area contributed by atoms with E-state index in [1.807, 2.05) is 0 Å². The lowest BCUT2D eigenvalue weighted by Gasteiger charge is -2.22. The van der Waals surface area contributed by atoms with Crippen molar-refractivity contribution in [3.63, 3.8) is 0 Å².